The van der Waals surface area contributed by atoms with Crippen LogP contribution in [0.25, 0.3) is 0 Å². The van der Waals surface area contributed by atoms with Crippen molar-refractivity contribution in [3.05, 3.63) is 29.8 Å². The van der Waals surface area contributed by atoms with Crippen molar-refractivity contribution in [1.82, 2.24) is 0 Å². The number of carbonyl (C=O) groups is 1. The van der Waals surface area contributed by atoms with Gasteiger partial charge in [-0.3, -0.25) is 4.79 Å². The largest absolute Gasteiger partial charge is 0.327 e. The molecule has 18 heavy (non-hydrogen) atoms. The summed E-state index contributed by atoms with van der Waals surface area (Å²) in [7, 11) is 0. The van der Waals surface area contributed by atoms with E-state index in [9.17, 15) is 4.79 Å². The Kier molecular flexibility index (Phi) is 6.96. The average molecular weight is 271 g/mol. The van der Waals surface area contributed by atoms with E-state index in [-0.39, 0.29) is 30.3 Å². The Hall–Kier alpha value is -1.06. The first-order chi connectivity index (χ1) is 7.91. The van der Waals surface area contributed by atoms with Crippen molar-refractivity contribution >= 4 is 24.0 Å². The van der Waals surface area contributed by atoms with E-state index < -0.39 is 0 Å². The SMILES string of the molecule is CC(C)c1cccc(NC(=O)C(C)C(C)N)c1.Cl. The van der Waals surface area contributed by atoms with Crippen LogP contribution in [0.4, 0.5) is 5.69 Å². The van der Waals surface area contributed by atoms with Crippen molar-refractivity contribution in [3.8, 4) is 0 Å². The molecule has 1 amide bonds. The predicted octanol–water partition coefficient (Wildman–Crippen LogP) is 3.15. The van der Waals surface area contributed by atoms with Gasteiger partial charge in [0.2, 0.25) is 5.91 Å². The molecule has 0 saturated carbocycles. The molecular formula is C14H23ClN2O. The topological polar surface area (TPSA) is 55.1 Å². The van der Waals surface area contributed by atoms with Crippen LogP contribution in [0.5, 0.6) is 0 Å². The summed E-state index contributed by atoms with van der Waals surface area (Å²) in [6, 6.07) is 7.80. The van der Waals surface area contributed by atoms with E-state index in [1.54, 1.807) is 0 Å². The lowest BCUT2D eigenvalue weighted by atomic mass is 10.0. The molecule has 3 N–H and O–H groups in total. The third kappa shape index (κ3) is 4.67. The molecule has 0 aromatic heterocycles. The molecule has 1 aromatic carbocycles. The summed E-state index contributed by atoms with van der Waals surface area (Å²) in [6.07, 6.45) is 0. The quantitative estimate of drug-likeness (QED) is 0.883. The van der Waals surface area contributed by atoms with Gasteiger partial charge in [0, 0.05) is 11.7 Å². The molecular weight excluding hydrogens is 248 g/mol. The Morgan fingerprint density at radius 2 is 1.83 bits per heavy atom. The van der Waals surface area contributed by atoms with Crippen LogP contribution in [0, 0.1) is 5.92 Å². The van der Waals surface area contributed by atoms with Crippen molar-refractivity contribution in [2.24, 2.45) is 11.7 Å². The van der Waals surface area contributed by atoms with Crippen LogP contribution in [-0.2, 0) is 4.79 Å². The highest BCUT2D eigenvalue weighted by molar-refractivity contribution is 5.92. The molecule has 3 nitrogen and oxygen atoms in total. The second-order valence-electron chi connectivity index (χ2n) is 4.92. The lowest BCUT2D eigenvalue weighted by Crippen LogP contribution is -2.34. The molecule has 0 aliphatic heterocycles. The van der Waals surface area contributed by atoms with E-state index in [0.717, 1.165) is 5.69 Å². The van der Waals surface area contributed by atoms with E-state index in [1.165, 1.54) is 5.56 Å². The van der Waals surface area contributed by atoms with Gasteiger partial charge in [-0.15, -0.1) is 12.4 Å². The highest BCUT2D eigenvalue weighted by Crippen LogP contribution is 2.19. The van der Waals surface area contributed by atoms with Crippen LogP contribution in [-0.4, -0.2) is 11.9 Å². The second kappa shape index (κ2) is 7.39. The first-order valence-corrected chi connectivity index (χ1v) is 6.08. The van der Waals surface area contributed by atoms with E-state index >= 15 is 0 Å². The predicted molar refractivity (Wildman–Crippen MR) is 79.2 cm³/mol. The first-order valence-electron chi connectivity index (χ1n) is 6.08. The fourth-order valence-electron chi connectivity index (χ4n) is 1.47. The van der Waals surface area contributed by atoms with Crippen LogP contribution in [0.15, 0.2) is 24.3 Å². The highest BCUT2D eigenvalue weighted by atomic mass is 35.5. The molecule has 2 atom stereocenters. The van der Waals surface area contributed by atoms with Gasteiger partial charge in [0.05, 0.1) is 5.92 Å². The van der Waals surface area contributed by atoms with Gasteiger partial charge in [0.25, 0.3) is 0 Å². The summed E-state index contributed by atoms with van der Waals surface area (Å²) < 4.78 is 0. The Morgan fingerprint density at radius 3 is 2.33 bits per heavy atom. The van der Waals surface area contributed by atoms with E-state index in [4.69, 9.17) is 5.73 Å². The molecule has 0 aliphatic rings. The summed E-state index contributed by atoms with van der Waals surface area (Å²) in [5.41, 5.74) is 7.77. The van der Waals surface area contributed by atoms with Gasteiger partial charge in [-0.25, -0.2) is 0 Å². The van der Waals surface area contributed by atoms with Crippen LogP contribution >= 0.6 is 12.4 Å². The van der Waals surface area contributed by atoms with Gasteiger partial charge in [-0.1, -0.05) is 32.9 Å². The molecule has 0 bridgehead atoms. The van der Waals surface area contributed by atoms with Gasteiger partial charge in [-0.05, 0) is 30.5 Å². The van der Waals surface area contributed by atoms with E-state index in [0.29, 0.717) is 5.92 Å². The zero-order valence-corrected chi connectivity index (χ0v) is 12.3. The van der Waals surface area contributed by atoms with Crippen molar-refractivity contribution in [3.63, 3.8) is 0 Å². The minimum absolute atomic E-state index is 0. The number of anilines is 1. The summed E-state index contributed by atoms with van der Waals surface area (Å²) >= 11 is 0. The van der Waals surface area contributed by atoms with Gasteiger partial charge in [-0.2, -0.15) is 0 Å². The van der Waals surface area contributed by atoms with Crippen LogP contribution in [0.3, 0.4) is 0 Å². The fraction of sp³-hybridized carbons (Fsp3) is 0.500. The maximum atomic E-state index is 11.8. The Bertz CT molecular complexity index is 391. The number of benzene rings is 1. The van der Waals surface area contributed by atoms with Crippen molar-refractivity contribution in [2.75, 3.05) is 5.32 Å². The monoisotopic (exact) mass is 270 g/mol. The lowest BCUT2D eigenvalue weighted by Gasteiger charge is -2.16. The number of amides is 1. The Labute approximate surface area is 116 Å². The van der Waals surface area contributed by atoms with Crippen molar-refractivity contribution < 1.29 is 4.79 Å². The van der Waals surface area contributed by atoms with Crippen molar-refractivity contribution in [1.29, 1.82) is 0 Å². The molecule has 2 unspecified atom stereocenters. The maximum absolute atomic E-state index is 11.8. The molecule has 4 heteroatoms. The molecule has 0 spiro atoms. The maximum Gasteiger partial charge on any atom is 0.228 e. The third-order valence-electron chi connectivity index (χ3n) is 3.02. The molecule has 1 rings (SSSR count). The second-order valence-corrected chi connectivity index (χ2v) is 4.92. The molecule has 0 fully saturated rings. The fourth-order valence-corrected chi connectivity index (χ4v) is 1.47. The molecule has 0 saturated heterocycles. The van der Waals surface area contributed by atoms with E-state index in [2.05, 4.69) is 25.2 Å². The van der Waals surface area contributed by atoms with Crippen LogP contribution < -0.4 is 11.1 Å². The van der Waals surface area contributed by atoms with Gasteiger partial charge in [0.1, 0.15) is 0 Å². The third-order valence-corrected chi connectivity index (χ3v) is 3.02. The summed E-state index contributed by atoms with van der Waals surface area (Å²) in [6.45, 7) is 7.94. The molecule has 102 valence electrons. The zero-order chi connectivity index (χ0) is 13.0. The lowest BCUT2D eigenvalue weighted by molar-refractivity contribution is -0.119. The number of hydrogen-bond donors (Lipinski definition) is 2. The molecule has 0 heterocycles. The van der Waals surface area contributed by atoms with E-state index in [1.807, 2.05) is 32.0 Å². The molecule has 1 aromatic rings. The van der Waals surface area contributed by atoms with Gasteiger partial charge >= 0.3 is 0 Å². The smallest absolute Gasteiger partial charge is 0.228 e. The number of nitrogens with two attached hydrogens (primary N) is 1. The number of halogens is 1. The number of rotatable bonds is 4. The molecule has 0 aliphatic carbocycles. The number of hydrogen-bond acceptors (Lipinski definition) is 2. The van der Waals surface area contributed by atoms with Crippen molar-refractivity contribution in [2.45, 2.75) is 39.7 Å². The first kappa shape index (κ1) is 16.9. The Morgan fingerprint density at radius 1 is 1.22 bits per heavy atom. The number of nitrogens with one attached hydrogen (secondary N) is 1. The minimum atomic E-state index is -0.183. The zero-order valence-electron chi connectivity index (χ0n) is 11.4. The summed E-state index contributed by atoms with van der Waals surface area (Å²) in [5, 5.41) is 2.90. The summed E-state index contributed by atoms with van der Waals surface area (Å²) in [4.78, 5) is 11.8. The standard InChI is InChI=1S/C14H22N2O.ClH/c1-9(2)12-6-5-7-13(8-12)16-14(17)10(3)11(4)15;/h5-11H,15H2,1-4H3,(H,16,17);1H. The Balaban J connectivity index is 0.00000289. The highest BCUT2D eigenvalue weighted by Gasteiger charge is 2.17. The molecule has 0 radical (unpaired) electrons. The van der Waals surface area contributed by atoms with Crippen LogP contribution in [0.1, 0.15) is 39.2 Å². The van der Waals surface area contributed by atoms with Gasteiger partial charge < -0.3 is 11.1 Å². The van der Waals surface area contributed by atoms with Crippen LogP contribution in [0.2, 0.25) is 0 Å². The van der Waals surface area contributed by atoms with Gasteiger partial charge in [0.15, 0.2) is 0 Å². The summed E-state index contributed by atoms with van der Waals surface area (Å²) in [5.74, 6) is 0.247. The minimum Gasteiger partial charge on any atom is -0.327 e. The number of carbonyl (C=O) groups excluding carboxylic acids is 1. The average Bonchev–Trinajstić information content (AvgIpc) is 2.28. The normalized spacial score (nSPS) is 13.7.